The van der Waals surface area contributed by atoms with E-state index in [2.05, 4.69) is 21.7 Å². The van der Waals surface area contributed by atoms with E-state index < -0.39 is 0 Å². The molecule has 0 aliphatic carbocycles. The fourth-order valence-electron chi connectivity index (χ4n) is 3.39. The predicted octanol–water partition coefficient (Wildman–Crippen LogP) is 5.14. The molecule has 0 spiro atoms. The molecule has 2 N–H and O–H groups in total. The number of carbonyl (C=O) groups is 1. The number of aryl methyl sites for hydroxylation is 1. The Balaban J connectivity index is 1.38. The summed E-state index contributed by atoms with van der Waals surface area (Å²) in [6, 6.07) is 23.5. The standard InChI is InChI=1S/C26H26N4O2/c1-20-11-12-24(25(15-20)32-18-21-7-3-2-4-8-21)29-26(31)28-16-22-9-5-6-10-23(22)17-30-14-13-27-19-30/h2-15,19H,16-18H2,1H3,(H2,28,29,31). The summed E-state index contributed by atoms with van der Waals surface area (Å²) in [5, 5.41) is 5.87. The maximum absolute atomic E-state index is 12.6. The lowest BCUT2D eigenvalue weighted by molar-refractivity contribution is 0.251. The van der Waals surface area contributed by atoms with Gasteiger partial charge in [0.15, 0.2) is 0 Å². The van der Waals surface area contributed by atoms with Gasteiger partial charge in [-0.1, -0.05) is 60.7 Å². The van der Waals surface area contributed by atoms with Crippen molar-refractivity contribution >= 4 is 11.7 Å². The van der Waals surface area contributed by atoms with E-state index >= 15 is 0 Å². The van der Waals surface area contributed by atoms with Gasteiger partial charge in [-0.15, -0.1) is 0 Å². The van der Waals surface area contributed by atoms with Crippen molar-refractivity contribution in [3.05, 3.63) is 114 Å². The van der Waals surface area contributed by atoms with Crippen molar-refractivity contribution < 1.29 is 9.53 Å². The summed E-state index contributed by atoms with van der Waals surface area (Å²) in [4.78, 5) is 16.7. The van der Waals surface area contributed by atoms with E-state index in [9.17, 15) is 4.79 Å². The largest absolute Gasteiger partial charge is 0.487 e. The minimum Gasteiger partial charge on any atom is -0.487 e. The van der Waals surface area contributed by atoms with Gasteiger partial charge in [0.1, 0.15) is 12.4 Å². The molecule has 162 valence electrons. The van der Waals surface area contributed by atoms with Crippen LogP contribution in [-0.4, -0.2) is 15.6 Å². The average molecular weight is 427 g/mol. The van der Waals surface area contributed by atoms with Crippen LogP contribution in [0.4, 0.5) is 10.5 Å². The Morgan fingerprint density at radius 3 is 2.56 bits per heavy atom. The van der Waals surface area contributed by atoms with Gasteiger partial charge >= 0.3 is 6.03 Å². The van der Waals surface area contributed by atoms with E-state index in [-0.39, 0.29) is 6.03 Å². The highest BCUT2D eigenvalue weighted by atomic mass is 16.5. The number of hydrogen-bond acceptors (Lipinski definition) is 3. The molecule has 0 radical (unpaired) electrons. The third-order valence-electron chi connectivity index (χ3n) is 5.09. The first-order chi connectivity index (χ1) is 15.7. The Kier molecular flexibility index (Phi) is 6.82. The number of amides is 2. The van der Waals surface area contributed by atoms with Gasteiger partial charge in [0, 0.05) is 25.5 Å². The number of carbonyl (C=O) groups excluding carboxylic acids is 1. The summed E-state index contributed by atoms with van der Waals surface area (Å²) in [6.45, 7) is 3.55. The summed E-state index contributed by atoms with van der Waals surface area (Å²) in [5.74, 6) is 0.643. The summed E-state index contributed by atoms with van der Waals surface area (Å²) >= 11 is 0. The van der Waals surface area contributed by atoms with Crippen LogP contribution in [0.15, 0.2) is 91.5 Å². The van der Waals surface area contributed by atoms with Gasteiger partial charge < -0.3 is 19.9 Å². The Hall–Kier alpha value is -4.06. The zero-order valence-corrected chi connectivity index (χ0v) is 18.0. The molecule has 0 aliphatic rings. The molecule has 6 heteroatoms. The first-order valence-corrected chi connectivity index (χ1v) is 10.5. The van der Waals surface area contributed by atoms with Crippen LogP contribution in [0, 0.1) is 6.92 Å². The Morgan fingerprint density at radius 2 is 1.78 bits per heavy atom. The topological polar surface area (TPSA) is 68.2 Å². The summed E-state index contributed by atoms with van der Waals surface area (Å²) in [5.41, 5.74) is 4.95. The van der Waals surface area contributed by atoms with Crippen LogP contribution in [0.2, 0.25) is 0 Å². The molecule has 0 unspecified atom stereocenters. The van der Waals surface area contributed by atoms with Gasteiger partial charge in [0.05, 0.1) is 12.0 Å². The monoisotopic (exact) mass is 426 g/mol. The number of anilines is 1. The van der Waals surface area contributed by atoms with Crippen LogP contribution in [0.1, 0.15) is 22.3 Å². The quantitative estimate of drug-likeness (QED) is 0.410. The van der Waals surface area contributed by atoms with E-state index in [0.717, 1.165) is 22.3 Å². The summed E-state index contributed by atoms with van der Waals surface area (Å²) in [7, 11) is 0. The number of imidazole rings is 1. The maximum atomic E-state index is 12.6. The van der Waals surface area contributed by atoms with Crippen molar-refractivity contribution in [2.75, 3.05) is 5.32 Å². The number of rotatable bonds is 8. The molecule has 4 rings (SSSR count). The predicted molar refractivity (Wildman–Crippen MR) is 126 cm³/mol. The highest BCUT2D eigenvalue weighted by Crippen LogP contribution is 2.26. The van der Waals surface area contributed by atoms with Gasteiger partial charge in [-0.05, 0) is 41.3 Å². The summed E-state index contributed by atoms with van der Waals surface area (Å²) in [6.07, 6.45) is 5.46. The Bertz CT molecular complexity index is 1160. The fraction of sp³-hybridized carbons (Fsp3) is 0.154. The van der Waals surface area contributed by atoms with Crippen molar-refractivity contribution in [2.45, 2.75) is 26.6 Å². The van der Waals surface area contributed by atoms with Crippen molar-refractivity contribution in [3.63, 3.8) is 0 Å². The first-order valence-electron chi connectivity index (χ1n) is 10.5. The molecule has 0 bridgehead atoms. The van der Waals surface area contributed by atoms with Gasteiger partial charge in [-0.25, -0.2) is 9.78 Å². The number of nitrogens with one attached hydrogen (secondary N) is 2. The molecule has 0 aliphatic heterocycles. The Labute approximate surface area is 187 Å². The van der Waals surface area contributed by atoms with Gasteiger partial charge in [-0.3, -0.25) is 0 Å². The van der Waals surface area contributed by atoms with Crippen molar-refractivity contribution in [3.8, 4) is 5.75 Å². The Morgan fingerprint density at radius 1 is 1.00 bits per heavy atom. The normalized spacial score (nSPS) is 10.5. The zero-order chi connectivity index (χ0) is 22.2. The minimum absolute atomic E-state index is 0.282. The number of hydrogen-bond donors (Lipinski definition) is 2. The highest BCUT2D eigenvalue weighted by Gasteiger charge is 2.10. The maximum Gasteiger partial charge on any atom is 0.319 e. The number of aromatic nitrogens is 2. The molecular weight excluding hydrogens is 400 g/mol. The molecule has 32 heavy (non-hydrogen) atoms. The van der Waals surface area contributed by atoms with Crippen LogP contribution in [0.25, 0.3) is 0 Å². The van der Waals surface area contributed by atoms with Crippen molar-refractivity contribution in [2.24, 2.45) is 0 Å². The SMILES string of the molecule is Cc1ccc(NC(=O)NCc2ccccc2Cn2ccnc2)c(OCc2ccccc2)c1. The smallest absolute Gasteiger partial charge is 0.319 e. The van der Waals surface area contributed by atoms with Crippen LogP contribution >= 0.6 is 0 Å². The van der Waals surface area contributed by atoms with Crippen molar-refractivity contribution in [1.82, 2.24) is 14.9 Å². The van der Waals surface area contributed by atoms with Crippen LogP contribution in [-0.2, 0) is 19.7 Å². The second kappa shape index (κ2) is 10.3. The molecule has 0 saturated carbocycles. The number of nitrogens with zero attached hydrogens (tertiary/aromatic N) is 2. The van der Waals surface area contributed by atoms with Gasteiger partial charge in [0.25, 0.3) is 0 Å². The lowest BCUT2D eigenvalue weighted by atomic mass is 10.1. The van der Waals surface area contributed by atoms with Crippen LogP contribution < -0.4 is 15.4 Å². The van der Waals surface area contributed by atoms with E-state index in [1.54, 1.807) is 12.5 Å². The third-order valence-corrected chi connectivity index (χ3v) is 5.09. The number of urea groups is 1. The lowest BCUT2D eigenvalue weighted by Crippen LogP contribution is -2.28. The lowest BCUT2D eigenvalue weighted by Gasteiger charge is -2.15. The molecule has 1 heterocycles. The molecule has 4 aromatic rings. The van der Waals surface area contributed by atoms with Crippen LogP contribution in [0.5, 0.6) is 5.75 Å². The molecule has 6 nitrogen and oxygen atoms in total. The van der Waals surface area contributed by atoms with Crippen LogP contribution in [0.3, 0.4) is 0 Å². The number of ether oxygens (including phenoxy) is 1. The van der Waals surface area contributed by atoms with Gasteiger partial charge in [0.2, 0.25) is 0 Å². The van der Waals surface area contributed by atoms with Gasteiger partial charge in [-0.2, -0.15) is 0 Å². The molecule has 2 amide bonds. The average Bonchev–Trinajstić information content (AvgIpc) is 3.32. The first kappa shape index (κ1) is 21.2. The number of benzene rings is 3. The molecule has 0 saturated heterocycles. The van der Waals surface area contributed by atoms with E-state index in [0.29, 0.717) is 31.1 Å². The molecular formula is C26H26N4O2. The second-order valence-corrected chi connectivity index (χ2v) is 7.59. The molecule has 0 atom stereocenters. The highest BCUT2D eigenvalue weighted by molar-refractivity contribution is 5.91. The van der Waals surface area contributed by atoms with E-state index in [1.807, 2.05) is 84.4 Å². The fourth-order valence-corrected chi connectivity index (χ4v) is 3.39. The second-order valence-electron chi connectivity index (χ2n) is 7.59. The minimum atomic E-state index is -0.282. The summed E-state index contributed by atoms with van der Waals surface area (Å²) < 4.78 is 8.00. The molecule has 1 aromatic heterocycles. The molecule has 3 aromatic carbocycles. The van der Waals surface area contributed by atoms with Crippen molar-refractivity contribution in [1.29, 1.82) is 0 Å². The van der Waals surface area contributed by atoms with E-state index in [1.165, 1.54) is 0 Å². The van der Waals surface area contributed by atoms with E-state index in [4.69, 9.17) is 4.74 Å². The molecule has 0 fully saturated rings. The third kappa shape index (κ3) is 5.76. The zero-order valence-electron chi connectivity index (χ0n) is 18.0.